The summed E-state index contributed by atoms with van der Waals surface area (Å²) in [6.07, 6.45) is 0. The molecule has 1 N–H and O–H groups in total. The Bertz CT molecular complexity index is 495. The van der Waals surface area contributed by atoms with Crippen LogP contribution >= 0.6 is 15.9 Å². The van der Waals surface area contributed by atoms with E-state index in [1.807, 2.05) is 30.3 Å². The number of rotatable bonds is 5. The minimum atomic E-state index is 0.532. The lowest BCUT2D eigenvalue weighted by atomic mass is 10.2. The van der Waals surface area contributed by atoms with Crippen molar-refractivity contribution in [2.45, 2.75) is 6.54 Å². The van der Waals surface area contributed by atoms with Crippen LogP contribution in [0.1, 0.15) is 5.89 Å². The van der Waals surface area contributed by atoms with E-state index < -0.39 is 0 Å². The van der Waals surface area contributed by atoms with E-state index in [1.54, 1.807) is 0 Å². The molecule has 0 saturated heterocycles. The second-order valence-electron chi connectivity index (χ2n) is 3.49. The maximum absolute atomic E-state index is 5.52. The zero-order valence-corrected chi connectivity index (χ0v) is 10.8. The highest BCUT2D eigenvalue weighted by Crippen LogP contribution is 2.16. The Morgan fingerprint density at radius 2 is 2.06 bits per heavy atom. The summed E-state index contributed by atoms with van der Waals surface area (Å²) in [5, 5.41) is 11.1. The third kappa shape index (κ3) is 3.51. The van der Waals surface area contributed by atoms with Crippen molar-refractivity contribution < 1.29 is 4.42 Å². The number of nitrogens with zero attached hydrogens (tertiary/aromatic N) is 2. The second kappa shape index (κ2) is 5.75. The van der Waals surface area contributed by atoms with Crippen LogP contribution in [0.15, 0.2) is 45.8 Å². The van der Waals surface area contributed by atoms with Gasteiger partial charge in [-0.05, 0) is 12.1 Å². The molecule has 0 spiro atoms. The normalized spacial score (nSPS) is 10.4. The highest BCUT2D eigenvalue weighted by Gasteiger charge is 2.07. The molecule has 2 aromatic rings. The van der Waals surface area contributed by atoms with Crippen molar-refractivity contribution in [2.75, 3.05) is 6.54 Å². The van der Waals surface area contributed by atoms with E-state index in [4.69, 9.17) is 4.42 Å². The van der Waals surface area contributed by atoms with Crippen LogP contribution in [0.2, 0.25) is 0 Å². The molecule has 5 heteroatoms. The molecule has 0 bridgehead atoms. The number of benzene rings is 1. The molecule has 4 nitrogen and oxygen atoms in total. The molecule has 88 valence electrons. The van der Waals surface area contributed by atoms with Gasteiger partial charge in [-0.3, -0.25) is 0 Å². The predicted molar refractivity (Wildman–Crippen MR) is 69.5 cm³/mol. The third-order valence-corrected chi connectivity index (χ3v) is 2.36. The Labute approximate surface area is 108 Å². The maximum atomic E-state index is 5.52. The van der Waals surface area contributed by atoms with Crippen molar-refractivity contribution in [3.63, 3.8) is 0 Å². The van der Waals surface area contributed by atoms with Crippen molar-refractivity contribution in [1.29, 1.82) is 0 Å². The van der Waals surface area contributed by atoms with Crippen molar-refractivity contribution in [2.24, 2.45) is 0 Å². The van der Waals surface area contributed by atoms with Crippen molar-refractivity contribution in [1.82, 2.24) is 15.5 Å². The monoisotopic (exact) mass is 293 g/mol. The van der Waals surface area contributed by atoms with E-state index in [-0.39, 0.29) is 0 Å². The van der Waals surface area contributed by atoms with Gasteiger partial charge in [-0.15, -0.1) is 10.2 Å². The van der Waals surface area contributed by atoms with E-state index >= 15 is 0 Å². The lowest BCUT2D eigenvalue weighted by molar-refractivity contribution is 0.485. The van der Waals surface area contributed by atoms with Crippen LogP contribution in [0, 0.1) is 0 Å². The van der Waals surface area contributed by atoms with Crippen molar-refractivity contribution in [3.05, 3.63) is 47.3 Å². The standard InChI is InChI=1S/C12H12BrN3O/c1-9(13)7-14-8-11-15-16-12(17-11)10-5-3-2-4-6-10/h2-6,14H,1,7-8H2. The van der Waals surface area contributed by atoms with Crippen LogP contribution in [0.4, 0.5) is 0 Å². The summed E-state index contributed by atoms with van der Waals surface area (Å²) in [6, 6.07) is 9.69. The average Bonchev–Trinajstić information content (AvgIpc) is 2.78. The molecule has 0 aliphatic heterocycles. The summed E-state index contributed by atoms with van der Waals surface area (Å²) in [5.74, 6) is 1.11. The molecule has 0 aliphatic carbocycles. The van der Waals surface area contributed by atoms with Gasteiger partial charge in [0.25, 0.3) is 0 Å². The summed E-state index contributed by atoms with van der Waals surface area (Å²) >= 11 is 3.27. The minimum Gasteiger partial charge on any atom is -0.419 e. The van der Waals surface area contributed by atoms with Crippen molar-refractivity contribution in [3.8, 4) is 11.5 Å². The maximum Gasteiger partial charge on any atom is 0.247 e. The van der Waals surface area contributed by atoms with Gasteiger partial charge in [-0.25, -0.2) is 0 Å². The second-order valence-corrected chi connectivity index (χ2v) is 4.61. The van der Waals surface area contributed by atoms with Crippen LogP contribution in [0.5, 0.6) is 0 Å². The Hall–Kier alpha value is -1.46. The Morgan fingerprint density at radius 1 is 1.29 bits per heavy atom. The predicted octanol–water partition coefficient (Wildman–Crippen LogP) is 2.73. The Morgan fingerprint density at radius 3 is 2.76 bits per heavy atom. The molecule has 17 heavy (non-hydrogen) atoms. The highest BCUT2D eigenvalue weighted by molar-refractivity contribution is 9.11. The van der Waals surface area contributed by atoms with Gasteiger partial charge in [0.1, 0.15) is 0 Å². The highest BCUT2D eigenvalue weighted by atomic mass is 79.9. The van der Waals surface area contributed by atoms with Crippen LogP contribution in [-0.2, 0) is 6.54 Å². The topological polar surface area (TPSA) is 51.0 Å². The molecular formula is C12H12BrN3O. The molecule has 1 aromatic heterocycles. The number of hydrogen-bond donors (Lipinski definition) is 1. The number of hydrogen-bond acceptors (Lipinski definition) is 4. The molecule has 0 radical (unpaired) electrons. The van der Waals surface area contributed by atoms with Gasteiger partial charge >= 0.3 is 0 Å². The quantitative estimate of drug-likeness (QED) is 0.921. The first-order valence-electron chi connectivity index (χ1n) is 5.17. The first kappa shape index (κ1) is 12.0. The summed E-state index contributed by atoms with van der Waals surface area (Å²) in [7, 11) is 0. The summed E-state index contributed by atoms with van der Waals surface area (Å²) in [6.45, 7) is 4.93. The van der Waals surface area contributed by atoms with Crippen LogP contribution < -0.4 is 5.32 Å². The van der Waals surface area contributed by atoms with Gasteiger partial charge in [0.05, 0.1) is 6.54 Å². The van der Waals surface area contributed by atoms with E-state index in [0.29, 0.717) is 24.9 Å². The molecule has 1 aromatic carbocycles. The van der Waals surface area contributed by atoms with Crippen molar-refractivity contribution >= 4 is 15.9 Å². The summed E-state index contributed by atoms with van der Waals surface area (Å²) in [4.78, 5) is 0. The number of nitrogens with one attached hydrogen (secondary N) is 1. The van der Waals surface area contributed by atoms with Gasteiger partial charge in [0, 0.05) is 16.6 Å². The van der Waals surface area contributed by atoms with E-state index in [9.17, 15) is 0 Å². The van der Waals surface area contributed by atoms with Gasteiger partial charge in [-0.1, -0.05) is 40.7 Å². The molecule has 0 saturated carbocycles. The lowest BCUT2D eigenvalue weighted by Crippen LogP contribution is -2.14. The fourth-order valence-electron chi connectivity index (χ4n) is 1.33. The zero-order valence-electron chi connectivity index (χ0n) is 9.19. The average molecular weight is 294 g/mol. The minimum absolute atomic E-state index is 0.532. The molecule has 0 fully saturated rings. The van der Waals surface area contributed by atoms with Gasteiger partial charge in [0.15, 0.2) is 0 Å². The number of halogens is 1. The summed E-state index contributed by atoms with van der Waals surface area (Å²) in [5.41, 5.74) is 0.927. The molecule has 0 amide bonds. The zero-order chi connectivity index (χ0) is 12.1. The SMILES string of the molecule is C=C(Br)CNCc1nnc(-c2ccccc2)o1. The van der Waals surface area contributed by atoms with Gasteiger partial charge < -0.3 is 9.73 Å². The molecule has 0 atom stereocenters. The Balaban J connectivity index is 1.99. The Kier molecular flexibility index (Phi) is 4.06. The number of aromatic nitrogens is 2. The van der Waals surface area contributed by atoms with E-state index in [1.165, 1.54) is 0 Å². The first-order chi connectivity index (χ1) is 8.25. The van der Waals surface area contributed by atoms with E-state index in [2.05, 4.69) is 38.0 Å². The fourth-order valence-corrected chi connectivity index (χ4v) is 1.53. The molecular weight excluding hydrogens is 282 g/mol. The largest absolute Gasteiger partial charge is 0.419 e. The lowest BCUT2D eigenvalue weighted by Gasteiger charge is -1.98. The first-order valence-corrected chi connectivity index (χ1v) is 5.97. The third-order valence-electron chi connectivity index (χ3n) is 2.08. The smallest absolute Gasteiger partial charge is 0.247 e. The fraction of sp³-hybridized carbons (Fsp3) is 0.167. The van der Waals surface area contributed by atoms with Crippen LogP contribution in [0.3, 0.4) is 0 Å². The van der Waals surface area contributed by atoms with Gasteiger partial charge in [0.2, 0.25) is 11.8 Å². The molecule has 0 unspecified atom stereocenters. The van der Waals surface area contributed by atoms with Crippen LogP contribution in [-0.4, -0.2) is 16.7 Å². The molecule has 2 rings (SSSR count). The van der Waals surface area contributed by atoms with E-state index in [0.717, 1.165) is 10.0 Å². The summed E-state index contributed by atoms with van der Waals surface area (Å²) < 4.78 is 6.41. The molecule has 0 aliphatic rings. The van der Waals surface area contributed by atoms with Crippen LogP contribution in [0.25, 0.3) is 11.5 Å². The van der Waals surface area contributed by atoms with Gasteiger partial charge in [-0.2, -0.15) is 0 Å². The molecule has 1 heterocycles.